The number of likely N-dealkylation sites (tertiary alicyclic amines) is 1. The third-order valence-electron chi connectivity index (χ3n) is 4.58. The van der Waals surface area contributed by atoms with Gasteiger partial charge in [-0.15, -0.1) is 0 Å². The molecule has 0 saturated carbocycles. The molecule has 1 amide bonds. The van der Waals surface area contributed by atoms with E-state index in [0.717, 1.165) is 12.8 Å². The van der Waals surface area contributed by atoms with Crippen molar-refractivity contribution in [3.8, 4) is 0 Å². The lowest BCUT2D eigenvalue weighted by Gasteiger charge is -2.32. The summed E-state index contributed by atoms with van der Waals surface area (Å²) in [5.74, 6) is -0.802. The lowest BCUT2D eigenvalue weighted by Crippen LogP contribution is -2.40. The molecule has 1 unspecified atom stereocenters. The van der Waals surface area contributed by atoms with Gasteiger partial charge in [-0.2, -0.15) is 0 Å². The molecule has 1 aliphatic rings. The third-order valence-corrected chi connectivity index (χ3v) is 6.06. The maximum Gasteiger partial charge on any atom is 0.303 e. The van der Waals surface area contributed by atoms with E-state index in [-0.39, 0.29) is 36.3 Å². The van der Waals surface area contributed by atoms with E-state index in [1.807, 2.05) is 0 Å². The van der Waals surface area contributed by atoms with Gasteiger partial charge in [-0.1, -0.05) is 0 Å². The second-order valence-electron chi connectivity index (χ2n) is 6.61. The van der Waals surface area contributed by atoms with E-state index in [4.69, 9.17) is 9.84 Å². The van der Waals surface area contributed by atoms with Crippen LogP contribution in [-0.4, -0.2) is 63.7 Å². The number of carboxylic acid groups (broad SMARTS) is 1. The van der Waals surface area contributed by atoms with Gasteiger partial charge in [0.25, 0.3) is 5.91 Å². The number of carboxylic acids is 1. The van der Waals surface area contributed by atoms with Gasteiger partial charge in [-0.3, -0.25) is 9.59 Å². The van der Waals surface area contributed by atoms with Crippen molar-refractivity contribution in [2.75, 3.05) is 33.4 Å². The molecular formula is C18H26N2O6S. The van der Waals surface area contributed by atoms with Crippen molar-refractivity contribution < 1.29 is 27.9 Å². The lowest BCUT2D eigenvalue weighted by atomic mass is 9.93. The van der Waals surface area contributed by atoms with E-state index in [9.17, 15) is 18.0 Å². The highest BCUT2D eigenvalue weighted by Crippen LogP contribution is 2.23. The van der Waals surface area contributed by atoms with Gasteiger partial charge < -0.3 is 14.7 Å². The molecular weight excluding hydrogens is 372 g/mol. The lowest BCUT2D eigenvalue weighted by molar-refractivity contribution is -0.137. The molecule has 0 radical (unpaired) electrons. The molecule has 1 aromatic carbocycles. The highest BCUT2D eigenvalue weighted by molar-refractivity contribution is 7.89. The van der Waals surface area contributed by atoms with Gasteiger partial charge in [0.1, 0.15) is 0 Å². The van der Waals surface area contributed by atoms with E-state index < -0.39 is 16.0 Å². The maximum atomic E-state index is 12.7. The average molecular weight is 398 g/mol. The van der Waals surface area contributed by atoms with Crippen molar-refractivity contribution in [3.05, 3.63) is 29.8 Å². The van der Waals surface area contributed by atoms with Crippen LogP contribution in [0.5, 0.6) is 0 Å². The van der Waals surface area contributed by atoms with Crippen molar-refractivity contribution in [1.82, 2.24) is 9.62 Å². The zero-order valence-corrected chi connectivity index (χ0v) is 16.2. The molecule has 1 atom stereocenters. The van der Waals surface area contributed by atoms with E-state index in [1.54, 1.807) is 4.90 Å². The molecule has 2 N–H and O–H groups in total. The van der Waals surface area contributed by atoms with Crippen LogP contribution >= 0.6 is 0 Å². The fraction of sp³-hybridized carbons (Fsp3) is 0.556. The van der Waals surface area contributed by atoms with Crippen molar-refractivity contribution >= 4 is 21.9 Å². The number of hydrogen-bond donors (Lipinski definition) is 2. The summed E-state index contributed by atoms with van der Waals surface area (Å²) in [5.41, 5.74) is 0.421. The third kappa shape index (κ3) is 6.30. The Morgan fingerprint density at radius 3 is 2.63 bits per heavy atom. The molecule has 27 heavy (non-hydrogen) atoms. The number of amides is 1. The number of carbonyl (C=O) groups excluding carboxylic acids is 1. The summed E-state index contributed by atoms with van der Waals surface area (Å²) >= 11 is 0. The number of aliphatic carboxylic acids is 1. The quantitative estimate of drug-likeness (QED) is 0.607. The number of nitrogens with zero attached hydrogens (tertiary/aromatic N) is 1. The fourth-order valence-electron chi connectivity index (χ4n) is 3.13. The SMILES string of the molecule is COCCNS(=O)(=O)c1ccc(C(=O)N2CCCC(CCC(=O)O)C2)cc1. The normalized spacial score (nSPS) is 17.7. The van der Waals surface area contributed by atoms with Crippen LogP contribution in [0.3, 0.4) is 0 Å². The Hall–Kier alpha value is -1.97. The molecule has 8 nitrogen and oxygen atoms in total. The van der Waals surface area contributed by atoms with Crippen LogP contribution < -0.4 is 4.72 Å². The monoisotopic (exact) mass is 398 g/mol. The average Bonchev–Trinajstić information content (AvgIpc) is 2.66. The van der Waals surface area contributed by atoms with Gasteiger partial charge >= 0.3 is 5.97 Å². The van der Waals surface area contributed by atoms with Gasteiger partial charge in [0, 0.05) is 38.7 Å². The number of nitrogens with one attached hydrogen (secondary N) is 1. The zero-order valence-electron chi connectivity index (χ0n) is 15.4. The number of sulfonamides is 1. The summed E-state index contributed by atoms with van der Waals surface area (Å²) < 4.78 is 31.5. The molecule has 1 aliphatic heterocycles. The molecule has 9 heteroatoms. The minimum Gasteiger partial charge on any atom is -0.481 e. The van der Waals surface area contributed by atoms with Crippen LogP contribution in [0.2, 0.25) is 0 Å². The van der Waals surface area contributed by atoms with Crippen molar-refractivity contribution in [2.24, 2.45) is 5.92 Å². The number of methoxy groups -OCH3 is 1. The van der Waals surface area contributed by atoms with E-state index in [2.05, 4.69) is 4.72 Å². The zero-order chi connectivity index (χ0) is 19.9. The first kappa shape index (κ1) is 21.3. The number of ether oxygens (including phenoxy) is 1. The molecule has 0 spiro atoms. The Morgan fingerprint density at radius 1 is 1.30 bits per heavy atom. The summed E-state index contributed by atoms with van der Waals surface area (Å²) in [6, 6.07) is 5.84. The molecule has 1 aromatic rings. The van der Waals surface area contributed by atoms with Crippen LogP contribution in [0.1, 0.15) is 36.0 Å². The second-order valence-corrected chi connectivity index (χ2v) is 8.37. The summed E-state index contributed by atoms with van der Waals surface area (Å²) in [5, 5.41) is 8.82. The standard InChI is InChI=1S/C18H26N2O6S/c1-26-12-10-19-27(24,25)16-7-5-15(6-8-16)18(23)20-11-2-3-14(13-20)4-9-17(21)22/h5-8,14,19H,2-4,9-13H2,1H3,(H,21,22). The largest absolute Gasteiger partial charge is 0.481 e. The van der Waals surface area contributed by atoms with Gasteiger partial charge in [-0.25, -0.2) is 13.1 Å². The van der Waals surface area contributed by atoms with Crippen LogP contribution in [-0.2, 0) is 19.6 Å². The van der Waals surface area contributed by atoms with Gasteiger partial charge in [0.15, 0.2) is 0 Å². The van der Waals surface area contributed by atoms with Crippen molar-refractivity contribution in [1.29, 1.82) is 0 Å². The van der Waals surface area contributed by atoms with Crippen LogP contribution in [0, 0.1) is 5.92 Å². The Labute approximate surface area is 159 Å². The molecule has 0 aromatic heterocycles. The van der Waals surface area contributed by atoms with Crippen molar-refractivity contribution in [3.63, 3.8) is 0 Å². The first-order valence-corrected chi connectivity index (χ1v) is 10.4. The first-order valence-electron chi connectivity index (χ1n) is 8.93. The summed E-state index contributed by atoms with van der Waals surface area (Å²) in [6.07, 6.45) is 2.42. The Kier molecular flexibility index (Phi) is 7.76. The molecule has 1 saturated heterocycles. The highest BCUT2D eigenvalue weighted by Gasteiger charge is 2.25. The van der Waals surface area contributed by atoms with Gasteiger partial charge in [0.2, 0.25) is 10.0 Å². The first-order chi connectivity index (χ1) is 12.8. The molecule has 0 aliphatic carbocycles. The minimum atomic E-state index is -3.63. The van der Waals surface area contributed by atoms with Crippen molar-refractivity contribution in [2.45, 2.75) is 30.6 Å². The summed E-state index contributed by atoms with van der Waals surface area (Å²) in [4.78, 5) is 25.2. The van der Waals surface area contributed by atoms with Crippen LogP contribution in [0.4, 0.5) is 0 Å². The van der Waals surface area contributed by atoms with Gasteiger partial charge in [-0.05, 0) is 49.4 Å². The molecule has 1 fully saturated rings. The molecule has 1 heterocycles. The predicted octanol–water partition coefficient (Wildman–Crippen LogP) is 1.33. The van der Waals surface area contributed by atoms with E-state index in [0.29, 0.717) is 25.1 Å². The van der Waals surface area contributed by atoms with E-state index >= 15 is 0 Å². The number of hydrogen-bond acceptors (Lipinski definition) is 5. The number of rotatable bonds is 9. The number of piperidine rings is 1. The summed E-state index contributed by atoms with van der Waals surface area (Å²) in [6.45, 7) is 1.60. The Morgan fingerprint density at radius 2 is 2.00 bits per heavy atom. The predicted molar refractivity (Wildman–Crippen MR) is 99.0 cm³/mol. The topological polar surface area (TPSA) is 113 Å². The Bertz CT molecular complexity index is 748. The molecule has 2 rings (SSSR count). The molecule has 0 bridgehead atoms. The number of carbonyl (C=O) groups is 2. The van der Waals surface area contributed by atoms with Gasteiger partial charge in [0.05, 0.1) is 11.5 Å². The van der Waals surface area contributed by atoms with Crippen LogP contribution in [0.15, 0.2) is 29.2 Å². The number of benzene rings is 1. The highest BCUT2D eigenvalue weighted by atomic mass is 32.2. The van der Waals surface area contributed by atoms with Crippen LogP contribution in [0.25, 0.3) is 0 Å². The fourth-order valence-corrected chi connectivity index (χ4v) is 4.15. The molecule has 150 valence electrons. The maximum absolute atomic E-state index is 12.7. The smallest absolute Gasteiger partial charge is 0.303 e. The second kappa shape index (κ2) is 9.82. The van der Waals surface area contributed by atoms with E-state index in [1.165, 1.54) is 31.4 Å². The Balaban J connectivity index is 1.99. The minimum absolute atomic E-state index is 0.0909. The summed E-state index contributed by atoms with van der Waals surface area (Å²) in [7, 11) is -2.15.